The molecule has 148 valence electrons. The van der Waals surface area contributed by atoms with Crippen molar-refractivity contribution < 1.29 is 23.9 Å². The normalized spacial score (nSPS) is 16.7. The molecular weight excluding hydrogens is 372 g/mol. The number of likely N-dealkylation sites (tertiary alicyclic amines) is 1. The number of hydrogen-bond acceptors (Lipinski definition) is 5. The quantitative estimate of drug-likeness (QED) is 0.592. The minimum absolute atomic E-state index is 0.137. The van der Waals surface area contributed by atoms with E-state index in [9.17, 15) is 19.2 Å². The van der Waals surface area contributed by atoms with Gasteiger partial charge in [-0.1, -0.05) is 12.1 Å². The van der Waals surface area contributed by atoms with Gasteiger partial charge in [-0.05, 0) is 49.2 Å². The number of methoxy groups -OCH3 is 1. The number of nitrogens with zero attached hydrogens (tertiary/aromatic N) is 2. The molecule has 0 aromatic heterocycles. The molecule has 0 atom stereocenters. The number of carbonyl (C=O) groups is 4. The van der Waals surface area contributed by atoms with Crippen molar-refractivity contribution in [1.82, 2.24) is 4.90 Å². The Labute approximate surface area is 167 Å². The third-order valence-corrected chi connectivity index (χ3v) is 5.48. The van der Waals surface area contributed by atoms with E-state index in [0.717, 1.165) is 4.90 Å². The predicted molar refractivity (Wildman–Crippen MR) is 105 cm³/mol. The number of anilines is 1. The molecule has 0 radical (unpaired) electrons. The lowest BCUT2D eigenvalue weighted by Crippen LogP contribution is -2.40. The molecule has 0 unspecified atom stereocenters. The Hall–Kier alpha value is -3.48. The Balaban J connectivity index is 1.46. The molecule has 1 saturated heterocycles. The summed E-state index contributed by atoms with van der Waals surface area (Å²) in [5.41, 5.74) is 1.66. The summed E-state index contributed by atoms with van der Waals surface area (Å²) in [5.74, 6) is -1.27. The standard InChI is InChI=1S/C22H20N2O5/c1-29-22(28)15-10-12-23(13-11-15)19(25)14-6-8-16(9-7-14)24-20(26)17-4-2-3-5-18(17)21(24)27/h2-9,15H,10-13H2,1H3. The molecule has 0 saturated carbocycles. The number of imide groups is 1. The number of esters is 1. The second kappa shape index (κ2) is 7.50. The Bertz CT molecular complexity index is 956. The van der Waals surface area contributed by atoms with Crippen LogP contribution in [0.2, 0.25) is 0 Å². The van der Waals surface area contributed by atoms with E-state index in [1.54, 1.807) is 53.4 Å². The summed E-state index contributed by atoms with van der Waals surface area (Å²) in [6.07, 6.45) is 1.15. The van der Waals surface area contributed by atoms with Crippen LogP contribution in [-0.4, -0.2) is 48.8 Å². The summed E-state index contributed by atoms with van der Waals surface area (Å²) >= 11 is 0. The van der Waals surface area contributed by atoms with Crippen LogP contribution in [0.15, 0.2) is 48.5 Å². The molecule has 0 aliphatic carbocycles. The van der Waals surface area contributed by atoms with Gasteiger partial charge >= 0.3 is 5.97 Å². The van der Waals surface area contributed by atoms with Crippen LogP contribution in [0.25, 0.3) is 0 Å². The zero-order chi connectivity index (χ0) is 20.5. The summed E-state index contributed by atoms with van der Waals surface area (Å²) < 4.78 is 4.77. The number of carbonyl (C=O) groups excluding carboxylic acids is 4. The summed E-state index contributed by atoms with van der Waals surface area (Å²) in [7, 11) is 1.37. The highest BCUT2D eigenvalue weighted by atomic mass is 16.5. The largest absolute Gasteiger partial charge is 0.469 e. The fourth-order valence-electron chi connectivity index (χ4n) is 3.84. The molecule has 2 heterocycles. The molecule has 2 aromatic carbocycles. The van der Waals surface area contributed by atoms with Crippen LogP contribution in [-0.2, 0) is 9.53 Å². The van der Waals surface area contributed by atoms with Crippen LogP contribution in [0, 0.1) is 5.92 Å². The van der Waals surface area contributed by atoms with Crippen LogP contribution in [0.3, 0.4) is 0 Å². The highest BCUT2D eigenvalue weighted by molar-refractivity contribution is 6.34. The monoisotopic (exact) mass is 392 g/mol. The van der Waals surface area contributed by atoms with Crippen molar-refractivity contribution in [3.63, 3.8) is 0 Å². The van der Waals surface area contributed by atoms with E-state index in [1.807, 2.05) is 0 Å². The Kier molecular flexibility index (Phi) is 4.88. The second-order valence-corrected chi connectivity index (χ2v) is 7.13. The van der Waals surface area contributed by atoms with Crippen molar-refractivity contribution >= 4 is 29.4 Å². The van der Waals surface area contributed by atoms with Crippen molar-refractivity contribution in [2.75, 3.05) is 25.1 Å². The number of piperidine rings is 1. The van der Waals surface area contributed by atoms with E-state index < -0.39 is 0 Å². The van der Waals surface area contributed by atoms with Crippen LogP contribution < -0.4 is 4.90 Å². The lowest BCUT2D eigenvalue weighted by Gasteiger charge is -2.30. The van der Waals surface area contributed by atoms with Gasteiger partial charge in [-0.3, -0.25) is 19.2 Å². The Morgan fingerprint density at radius 3 is 1.97 bits per heavy atom. The van der Waals surface area contributed by atoms with Crippen molar-refractivity contribution in [3.8, 4) is 0 Å². The van der Waals surface area contributed by atoms with Gasteiger partial charge < -0.3 is 9.64 Å². The zero-order valence-electron chi connectivity index (χ0n) is 16.0. The molecule has 7 heteroatoms. The van der Waals surface area contributed by atoms with Crippen LogP contribution >= 0.6 is 0 Å². The van der Waals surface area contributed by atoms with E-state index >= 15 is 0 Å². The van der Waals surface area contributed by atoms with E-state index in [-0.39, 0.29) is 29.6 Å². The first-order chi connectivity index (χ1) is 14.0. The van der Waals surface area contributed by atoms with Gasteiger partial charge in [0.1, 0.15) is 0 Å². The molecule has 29 heavy (non-hydrogen) atoms. The number of fused-ring (bicyclic) bond motifs is 1. The average Bonchev–Trinajstić information content (AvgIpc) is 3.03. The summed E-state index contributed by atoms with van der Waals surface area (Å²) in [6.45, 7) is 0.970. The smallest absolute Gasteiger partial charge is 0.308 e. The summed E-state index contributed by atoms with van der Waals surface area (Å²) in [4.78, 5) is 52.4. The maximum Gasteiger partial charge on any atom is 0.308 e. The number of rotatable bonds is 3. The van der Waals surface area contributed by atoms with Gasteiger partial charge in [-0.15, -0.1) is 0 Å². The van der Waals surface area contributed by atoms with Crippen molar-refractivity contribution in [3.05, 3.63) is 65.2 Å². The Morgan fingerprint density at radius 2 is 1.45 bits per heavy atom. The maximum atomic E-state index is 12.7. The minimum atomic E-state index is -0.366. The molecule has 0 spiro atoms. The molecule has 0 bridgehead atoms. The highest BCUT2D eigenvalue weighted by Crippen LogP contribution is 2.29. The molecule has 2 aliphatic heterocycles. The van der Waals surface area contributed by atoms with E-state index in [0.29, 0.717) is 48.3 Å². The molecule has 7 nitrogen and oxygen atoms in total. The fourth-order valence-corrected chi connectivity index (χ4v) is 3.84. The minimum Gasteiger partial charge on any atom is -0.469 e. The lowest BCUT2D eigenvalue weighted by molar-refractivity contribution is -0.146. The molecule has 0 N–H and O–H groups in total. The molecular formula is C22H20N2O5. The van der Waals surface area contributed by atoms with Crippen LogP contribution in [0.5, 0.6) is 0 Å². The second-order valence-electron chi connectivity index (χ2n) is 7.13. The number of benzene rings is 2. The molecule has 2 aromatic rings. The topological polar surface area (TPSA) is 84.0 Å². The van der Waals surface area contributed by atoms with Gasteiger partial charge in [0.25, 0.3) is 17.7 Å². The van der Waals surface area contributed by atoms with E-state index in [4.69, 9.17) is 4.74 Å². The van der Waals surface area contributed by atoms with Gasteiger partial charge in [0.2, 0.25) is 0 Å². The fraction of sp³-hybridized carbons (Fsp3) is 0.273. The van der Waals surface area contributed by atoms with Crippen LogP contribution in [0.1, 0.15) is 43.9 Å². The maximum absolute atomic E-state index is 12.7. The molecule has 3 amide bonds. The third kappa shape index (κ3) is 3.29. The average molecular weight is 392 g/mol. The number of amides is 3. The molecule has 4 rings (SSSR count). The van der Waals surface area contributed by atoms with Crippen LogP contribution in [0.4, 0.5) is 5.69 Å². The van der Waals surface area contributed by atoms with Gasteiger partial charge in [-0.25, -0.2) is 4.90 Å². The SMILES string of the molecule is COC(=O)C1CCN(C(=O)c2ccc(N3C(=O)c4ccccc4C3=O)cc2)CC1. The van der Waals surface area contributed by atoms with Crippen molar-refractivity contribution in [1.29, 1.82) is 0 Å². The molecule has 1 fully saturated rings. The zero-order valence-corrected chi connectivity index (χ0v) is 16.0. The highest BCUT2D eigenvalue weighted by Gasteiger charge is 2.36. The summed E-state index contributed by atoms with van der Waals surface area (Å²) in [6, 6.07) is 13.2. The Morgan fingerprint density at radius 1 is 0.897 bits per heavy atom. The summed E-state index contributed by atoms with van der Waals surface area (Å²) in [5, 5.41) is 0. The number of ether oxygens (including phenoxy) is 1. The first kappa shape index (κ1) is 18.9. The predicted octanol–water partition coefficient (Wildman–Crippen LogP) is 2.51. The number of hydrogen-bond donors (Lipinski definition) is 0. The lowest BCUT2D eigenvalue weighted by atomic mass is 9.96. The van der Waals surface area contributed by atoms with Crippen molar-refractivity contribution in [2.45, 2.75) is 12.8 Å². The first-order valence-corrected chi connectivity index (χ1v) is 9.46. The first-order valence-electron chi connectivity index (χ1n) is 9.46. The van der Waals surface area contributed by atoms with Gasteiger partial charge in [0.05, 0.1) is 29.8 Å². The van der Waals surface area contributed by atoms with Gasteiger partial charge in [0.15, 0.2) is 0 Å². The van der Waals surface area contributed by atoms with Gasteiger partial charge in [-0.2, -0.15) is 0 Å². The van der Waals surface area contributed by atoms with E-state index in [1.165, 1.54) is 7.11 Å². The molecule has 2 aliphatic rings. The van der Waals surface area contributed by atoms with Gasteiger partial charge in [0, 0.05) is 18.7 Å². The third-order valence-electron chi connectivity index (χ3n) is 5.48. The van der Waals surface area contributed by atoms with Crippen molar-refractivity contribution in [2.24, 2.45) is 5.92 Å². The van der Waals surface area contributed by atoms with E-state index in [2.05, 4.69) is 0 Å².